The fourth-order valence-electron chi connectivity index (χ4n) is 2.83. The van der Waals surface area contributed by atoms with Crippen LogP contribution in [0.25, 0.3) is 5.57 Å². The molecular formula is C17H20N2O6. The summed E-state index contributed by atoms with van der Waals surface area (Å²) in [4.78, 5) is 23.5. The molecule has 1 aliphatic heterocycles. The largest absolute Gasteiger partial charge is 0.462 e. The Labute approximate surface area is 143 Å². The Kier molecular flexibility index (Phi) is 4.73. The van der Waals surface area contributed by atoms with E-state index in [0.717, 1.165) is 0 Å². The van der Waals surface area contributed by atoms with E-state index in [1.165, 1.54) is 12.3 Å². The fourth-order valence-corrected chi connectivity index (χ4v) is 2.83. The van der Waals surface area contributed by atoms with Crippen LogP contribution in [0.4, 0.5) is 5.69 Å². The van der Waals surface area contributed by atoms with Gasteiger partial charge in [-0.2, -0.15) is 0 Å². The SMILES string of the molecule is CC(C)Nc1coc(C2=CC=CC([N+](=O)[O-])C2)c(C[C@@H]2OC2O)c1=O. The second-order valence-corrected chi connectivity index (χ2v) is 6.49. The van der Waals surface area contributed by atoms with E-state index >= 15 is 0 Å². The molecule has 0 spiro atoms. The predicted molar refractivity (Wildman–Crippen MR) is 90.8 cm³/mol. The number of anilines is 1. The number of ether oxygens (including phenoxy) is 1. The number of aliphatic hydroxyl groups excluding tert-OH is 1. The van der Waals surface area contributed by atoms with Crippen molar-refractivity contribution in [2.24, 2.45) is 0 Å². The van der Waals surface area contributed by atoms with E-state index in [1.54, 1.807) is 12.2 Å². The summed E-state index contributed by atoms with van der Waals surface area (Å²) in [6.45, 7) is 3.80. The van der Waals surface area contributed by atoms with Crippen molar-refractivity contribution >= 4 is 11.3 Å². The minimum atomic E-state index is -0.888. The number of nitro groups is 1. The van der Waals surface area contributed by atoms with Crippen molar-refractivity contribution in [1.82, 2.24) is 0 Å². The lowest BCUT2D eigenvalue weighted by Crippen LogP contribution is -2.24. The Balaban J connectivity index is 1.99. The summed E-state index contributed by atoms with van der Waals surface area (Å²) in [5, 5.41) is 23.5. The molecule has 1 aliphatic carbocycles. The van der Waals surface area contributed by atoms with Gasteiger partial charge in [0.05, 0.1) is 0 Å². The van der Waals surface area contributed by atoms with Gasteiger partial charge in [-0.1, -0.05) is 12.2 Å². The number of nitrogens with zero attached hydrogens (tertiary/aromatic N) is 1. The van der Waals surface area contributed by atoms with Crippen molar-refractivity contribution in [3.63, 3.8) is 0 Å². The molecule has 0 radical (unpaired) electrons. The van der Waals surface area contributed by atoms with E-state index in [2.05, 4.69) is 5.32 Å². The third kappa shape index (κ3) is 3.80. The molecule has 3 atom stereocenters. The maximum atomic E-state index is 12.8. The summed E-state index contributed by atoms with van der Waals surface area (Å²) in [5.41, 5.74) is 1.02. The molecule has 3 rings (SSSR count). The van der Waals surface area contributed by atoms with Crippen LogP contribution in [0.15, 0.2) is 33.7 Å². The van der Waals surface area contributed by atoms with Gasteiger partial charge in [-0.25, -0.2) is 0 Å². The fraction of sp³-hybridized carbons (Fsp3) is 0.471. The average Bonchev–Trinajstić information content (AvgIpc) is 3.26. The maximum absolute atomic E-state index is 12.8. The van der Waals surface area contributed by atoms with Crippen LogP contribution in [0.1, 0.15) is 31.6 Å². The smallest absolute Gasteiger partial charge is 0.235 e. The number of rotatable bonds is 6. The Morgan fingerprint density at radius 3 is 2.80 bits per heavy atom. The van der Waals surface area contributed by atoms with E-state index in [-0.39, 0.29) is 29.2 Å². The molecule has 0 bridgehead atoms. The normalized spacial score (nSPS) is 25.0. The summed E-state index contributed by atoms with van der Waals surface area (Å²) >= 11 is 0. The molecule has 8 heteroatoms. The number of aliphatic hydroxyl groups is 1. The van der Waals surface area contributed by atoms with Gasteiger partial charge in [-0.15, -0.1) is 0 Å². The first-order valence-corrected chi connectivity index (χ1v) is 8.12. The molecule has 1 saturated heterocycles. The van der Waals surface area contributed by atoms with Crippen molar-refractivity contribution in [1.29, 1.82) is 0 Å². The van der Waals surface area contributed by atoms with Crippen molar-refractivity contribution in [3.05, 3.63) is 56.2 Å². The van der Waals surface area contributed by atoms with Crippen LogP contribution in [-0.2, 0) is 11.2 Å². The monoisotopic (exact) mass is 348 g/mol. The summed E-state index contributed by atoms with van der Waals surface area (Å²) in [7, 11) is 0. The van der Waals surface area contributed by atoms with E-state index in [1.807, 2.05) is 13.8 Å². The number of allylic oxidation sites excluding steroid dienone is 2. The first-order valence-electron chi connectivity index (χ1n) is 8.12. The molecule has 2 N–H and O–H groups in total. The summed E-state index contributed by atoms with van der Waals surface area (Å²) in [5.74, 6) is 0.318. The molecule has 1 fully saturated rings. The highest BCUT2D eigenvalue weighted by atomic mass is 16.7. The van der Waals surface area contributed by atoms with Gasteiger partial charge in [0.25, 0.3) is 0 Å². The quantitative estimate of drug-likeness (QED) is 0.456. The van der Waals surface area contributed by atoms with Crippen LogP contribution >= 0.6 is 0 Å². The van der Waals surface area contributed by atoms with Gasteiger partial charge < -0.3 is 19.6 Å². The highest BCUT2D eigenvalue weighted by Crippen LogP contribution is 2.31. The standard InChI is InChI=1S/C17H20N2O6/c1-9(2)18-13-8-24-16(10-4-3-5-11(6-10)19(22)23)12(15(13)20)7-14-17(21)25-14/h3-5,8-9,11,14,17-18,21H,6-7H2,1-2H3/t11?,14-,17?/m0/s1. The molecule has 2 unspecified atom stereocenters. The Bertz CT molecular complexity index is 795. The van der Waals surface area contributed by atoms with Crippen LogP contribution in [0.5, 0.6) is 0 Å². The molecule has 134 valence electrons. The average molecular weight is 348 g/mol. The number of hydrogen-bond acceptors (Lipinski definition) is 7. The molecule has 2 aliphatic rings. The van der Waals surface area contributed by atoms with Crippen LogP contribution in [0.2, 0.25) is 0 Å². The van der Waals surface area contributed by atoms with Gasteiger partial charge in [0.2, 0.25) is 11.5 Å². The third-order valence-electron chi connectivity index (χ3n) is 4.11. The van der Waals surface area contributed by atoms with E-state index in [4.69, 9.17) is 9.15 Å². The van der Waals surface area contributed by atoms with Crippen molar-refractivity contribution in [2.45, 2.75) is 51.2 Å². The molecular weight excluding hydrogens is 328 g/mol. The Hall–Kier alpha value is -2.45. The number of hydrogen-bond donors (Lipinski definition) is 2. The Morgan fingerprint density at radius 1 is 1.48 bits per heavy atom. The van der Waals surface area contributed by atoms with E-state index in [9.17, 15) is 20.0 Å². The van der Waals surface area contributed by atoms with Crippen LogP contribution in [0.3, 0.4) is 0 Å². The molecule has 0 saturated carbocycles. The molecule has 25 heavy (non-hydrogen) atoms. The van der Waals surface area contributed by atoms with Crippen LogP contribution in [-0.4, -0.2) is 34.5 Å². The van der Waals surface area contributed by atoms with E-state index < -0.39 is 18.4 Å². The highest BCUT2D eigenvalue weighted by Gasteiger charge is 2.39. The first-order chi connectivity index (χ1) is 11.9. The zero-order valence-electron chi connectivity index (χ0n) is 14.0. The summed E-state index contributed by atoms with van der Waals surface area (Å²) in [6.07, 6.45) is 5.14. The van der Waals surface area contributed by atoms with Gasteiger partial charge in [-0.05, 0) is 19.9 Å². The second-order valence-electron chi connectivity index (χ2n) is 6.49. The lowest BCUT2D eigenvalue weighted by molar-refractivity contribution is -0.508. The molecule has 8 nitrogen and oxygen atoms in total. The summed E-state index contributed by atoms with van der Waals surface area (Å²) in [6, 6.07) is -0.811. The Morgan fingerprint density at radius 2 is 2.20 bits per heavy atom. The van der Waals surface area contributed by atoms with Crippen LogP contribution in [0, 0.1) is 10.1 Å². The molecule has 0 aromatic carbocycles. The first kappa shape index (κ1) is 17.4. The zero-order chi connectivity index (χ0) is 18.1. The van der Waals surface area contributed by atoms with Crippen LogP contribution < -0.4 is 10.7 Å². The van der Waals surface area contributed by atoms with Gasteiger partial charge in [0.1, 0.15) is 23.8 Å². The van der Waals surface area contributed by atoms with Crippen molar-refractivity contribution in [3.8, 4) is 0 Å². The highest BCUT2D eigenvalue weighted by molar-refractivity contribution is 5.68. The lowest BCUT2D eigenvalue weighted by atomic mass is 9.94. The number of nitrogens with one attached hydrogen (secondary N) is 1. The van der Waals surface area contributed by atoms with E-state index in [0.29, 0.717) is 22.6 Å². The second kappa shape index (κ2) is 6.81. The molecule has 2 heterocycles. The lowest BCUT2D eigenvalue weighted by Gasteiger charge is -2.16. The predicted octanol–water partition coefficient (Wildman–Crippen LogP) is 1.71. The van der Waals surface area contributed by atoms with Crippen molar-refractivity contribution < 1.29 is 19.2 Å². The van der Waals surface area contributed by atoms with Crippen molar-refractivity contribution in [2.75, 3.05) is 5.32 Å². The summed E-state index contributed by atoms with van der Waals surface area (Å²) < 4.78 is 10.7. The topological polar surface area (TPSA) is 118 Å². The zero-order valence-corrected chi connectivity index (χ0v) is 14.0. The van der Waals surface area contributed by atoms with Gasteiger partial charge in [0, 0.05) is 34.9 Å². The number of epoxide rings is 1. The van der Waals surface area contributed by atoms with Gasteiger partial charge in [0.15, 0.2) is 6.29 Å². The third-order valence-corrected chi connectivity index (χ3v) is 4.11. The minimum Gasteiger partial charge on any atom is -0.462 e. The maximum Gasteiger partial charge on any atom is 0.235 e. The molecule has 0 amide bonds. The molecule has 1 aromatic heterocycles. The minimum absolute atomic E-state index is 0.0417. The van der Waals surface area contributed by atoms with Gasteiger partial charge >= 0.3 is 0 Å². The molecule has 1 aromatic rings. The van der Waals surface area contributed by atoms with Gasteiger partial charge in [-0.3, -0.25) is 14.9 Å².